The summed E-state index contributed by atoms with van der Waals surface area (Å²) in [7, 11) is 0. The smallest absolute Gasteiger partial charge is 0.0642 e. The molecule has 0 bridgehead atoms. The molecule has 0 aliphatic heterocycles. The summed E-state index contributed by atoms with van der Waals surface area (Å²) in [6.07, 6.45) is 0. The van der Waals surface area contributed by atoms with Gasteiger partial charge in [0.05, 0.1) is 14.6 Å². The monoisotopic (exact) mass is 306 g/mol. The van der Waals surface area contributed by atoms with Gasteiger partial charge in [-0.05, 0) is 58.2 Å². The Morgan fingerprint density at radius 3 is 1.44 bits per heavy atom. The van der Waals surface area contributed by atoms with Gasteiger partial charge in [0.2, 0.25) is 0 Å². The van der Waals surface area contributed by atoms with Crippen LogP contribution in [0.3, 0.4) is 0 Å². The lowest BCUT2D eigenvalue weighted by atomic mass is 9.86. The molecule has 0 aliphatic carbocycles. The highest BCUT2D eigenvalue weighted by Crippen LogP contribution is 2.41. The average molecular weight is 308 g/mol. The standard InChI is InChI=1S/C15H21Cl3/c1-13(2,16)10-7-8-11(14(3,4)17)12(9-10)15(5,6)18/h7-9H,1-6H3. The van der Waals surface area contributed by atoms with Gasteiger partial charge in [0, 0.05) is 0 Å². The second-order valence-corrected chi connectivity index (χ2v) is 9.01. The maximum atomic E-state index is 6.49. The van der Waals surface area contributed by atoms with Gasteiger partial charge < -0.3 is 0 Å². The summed E-state index contributed by atoms with van der Waals surface area (Å²) in [4.78, 5) is -1.33. The minimum Gasteiger partial charge on any atom is -0.115 e. The van der Waals surface area contributed by atoms with Crippen molar-refractivity contribution in [3.8, 4) is 0 Å². The van der Waals surface area contributed by atoms with E-state index in [1.54, 1.807) is 0 Å². The SMILES string of the molecule is CC(C)(Cl)c1ccc(C(C)(C)Cl)c(C(C)(C)Cl)c1. The predicted octanol–water partition coefficient (Wildman–Crippen LogP) is 6.11. The van der Waals surface area contributed by atoms with E-state index in [0.29, 0.717) is 0 Å². The Labute approximate surface area is 126 Å². The highest BCUT2D eigenvalue weighted by Gasteiger charge is 2.30. The Balaban J connectivity index is 3.50. The van der Waals surface area contributed by atoms with Crippen molar-refractivity contribution in [2.24, 2.45) is 0 Å². The van der Waals surface area contributed by atoms with Crippen LogP contribution in [0.15, 0.2) is 18.2 Å². The Hall–Kier alpha value is 0.0900. The van der Waals surface area contributed by atoms with Crippen molar-refractivity contribution >= 4 is 34.8 Å². The topological polar surface area (TPSA) is 0 Å². The van der Waals surface area contributed by atoms with E-state index in [-0.39, 0.29) is 0 Å². The summed E-state index contributed by atoms with van der Waals surface area (Å²) in [5, 5.41) is 0. The van der Waals surface area contributed by atoms with E-state index >= 15 is 0 Å². The second-order valence-electron chi connectivity index (χ2n) is 6.18. The fraction of sp³-hybridized carbons (Fsp3) is 0.600. The van der Waals surface area contributed by atoms with E-state index in [9.17, 15) is 0 Å². The zero-order valence-electron chi connectivity index (χ0n) is 11.9. The van der Waals surface area contributed by atoms with Crippen LogP contribution in [-0.4, -0.2) is 0 Å². The Morgan fingerprint density at radius 1 is 0.667 bits per heavy atom. The zero-order valence-corrected chi connectivity index (χ0v) is 14.1. The molecule has 0 N–H and O–H groups in total. The maximum absolute atomic E-state index is 6.49. The van der Waals surface area contributed by atoms with Crippen molar-refractivity contribution in [1.29, 1.82) is 0 Å². The van der Waals surface area contributed by atoms with E-state index in [1.165, 1.54) is 0 Å². The third-order valence-corrected chi connectivity index (χ3v) is 3.61. The largest absolute Gasteiger partial charge is 0.115 e. The fourth-order valence-corrected chi connectivity index (χ4v) is 2.36. The Kier molecular flexibility index (Phi) is 4.38. The maximum Gasteiger partial charge on any atom is 0.0642 e. The summed E-state index contributed by atoms with van der Waals surface area (Å²) >= 11 is 19.3. The molecule has 0 aromatic heterocycles. The third kappa shape index (κ3) is 3.79. The van der Waals surface area contributed by atoms with Gasteiger partial charge in [-0.15, -0.1) is 34.8 Å². The molecule has 1 aromatic carbocycles. The summed E-state index contributed by atoms with van der Waals surface area (Å²) in [6, 6.07) is 6.13. The van der Waals surface area contributed by atoms with E-state index in [4.69, 9.17) is 34.8 Å². The first-order valence-electron chi connectivity index (χ1n) is 6.05. The van der Waals surface area contributed by atoms with Gasteiger partial charge in [-0.25, -0.2) is 0 Å². The molecule has 0 amide bonds. The molecule has 0 saturated carbocycles. The molecule has 0 saturated heterocycles. The Bertz CT molecular complexity index is 429. The van der Waals surface area contributed by atoms with Crippen LogP contribution >= 0.6 is 34.8 Å². The van der Waals surface area contributed by atoms with E-state index in [0.717, 1.165) is 16.7 Å². The van der Waals surface area contributed by atoms with E-state index in [2.05, 4.69) is 6.07 Å². The predicted molar refractivity (Wildman–Crippen MR) is 83.1 cm³/mol. The van der Waals surface area contributed by atoms with Gasteiger partial charge in [0.1, 0.15) is 0 Å². The van der Waals surface area contributed by atoms with Gasteiger partial charge in [0.15, 0.2) is 0 Å². The van der Waals surface area contributed by atoms with Crippen molar-refractivity contribution in [1.82, 2.24) is 0 Å². The van der Waals surface area contributed by atoms with Crippen LogP contribution in [0.25, 0.3) is 0 Å². The minimum atomic E-state index is -0.473. The minimum absolute atomic E-state index is 0.411. The van der Waals surface area contributed by atoms with Crippen LogP contribution in [0.5, 0.6) is 0 Å². The van der Waals surface area contributed by atoms with Gasteiger partial charge in [0.25, 0.3) is 0 Å². The summed E-state index contributed by atoms with van der Waals surface area (Å²) in [5.41, 5.74) is 3.14. The molecule has 0 fully saturated rings. The second kappa shape index (κ2) is 4.89. The molecule has 0 unspecified atom stereocenters. The van der Waals surface area contributed by atoms with Crippen LogP contribution in [0.4, 0.5) is 0 Å². The first-order chi connectivity index (χ1) is 7.83. The van der Waals surface area contributed by atoms with Crippen LogP contribution in [-0.2, 0) is 14.6 Å². The molecule has 0 heterocycles. The number of alkyl halides is 3. The fourth-order valence-electron chi connectivity index (χ4n) is 1.92. The van der Waals surface area contributed by atoms with Crippen LogP contribution < -0.4 is 0 Å². The van der Waals surface area contributed by atoms with Crippen molar-refractivity contribution in [3.63, 3.8) is 0 Å². The lowest BCUT2D eigenvalue weighted by Crippen LogP contribution is -2.20. The molecule has 0 atom stereocenters. The first kappa shape index (κ1) is 16.1. The first-order valence-corrected chi connectivity index (χ1v) is 7.19. The van der Waals surface area contributed by atoms with Crippen LogP contribution in [0, 0.1) is 0 Å². The summed E-state index contributed by atoms with van der Waals surface area (Å²) in [6.45, 7) is 11.8. The van der Waals surface area contributed by atoms with Crippen molar-refractivity contribution < 1.29 is 0 Å². The van der Waals surface area contributed by atoms with Gasteiger partial charge >= 0.3 is 0 Å². The molecule has 18 heavy (non-hydrogen) atoms. The lowest BCUT2D eigenvalue weighted by Gasteiger charge is -2.29. The van der Waals surface area contributed by atoms with Gasteiger partial charge in [-0.2, -0.15) is 0 Å². The number of benzene rings is 1. The number of rotatable bonds is 3. The van der Waals surface area contributed by atoms with E-state index in [1.807, 2.05) is 53.7 Å². The highest BCUT2D eigenvalue weighted by atomic mass is 35.5. The zero-order chi connectivity index (χ0) is 14.4. The molecule has 0 aliphatic rings. The molecule has 1 rings (SSSR count). The molecule has 0 radical (unpaired) electrons. The van der Waals surface area contributed by atoms with Crippen molar-refractivity contribution in [2.75, 3.05) is 0 Å². The van der Waals surface area contributed by atoms with Crippen LogP contribution in [0.2, 0.25) is 0 Å². The molecule has 0 nitrogen and oxygen atoms in total. The van der Waals surface area contributed by atoms with Crippen molar-refractivity contribution in [2.45, 2.75) is 56.2 Å². The Morgan fingerprint density at radius 2 is 1.11 bits per heavy atom. The quantitative estimate of drug-likeness (QED) is 0.591. The molecule has 3 heteroatoms. The summed E-state index contributed by atoms with van der Waals surface area (Å²) in [5.74, 6) is 0. The number of hydrogen-bond donors (Lipinski definition) is 0. The number of hydrogen-bond acceptors (Lipinski definition) is 0. The molecule has 1 aromatic rings. The molecular formula is C15H21Cl3. The van der Waals surface area contributed by atoms with E-state index < -0.39 is 14.6 Å². The van der Waals surface area contributed by atoms with Gasteiger partial charge in [-0.1, -0.05) is 18.2 Å². The summed E-state index contributed by atoms with van der Waals surface area (Å²) < 4.78 is 0. The third-order valence-electron chi connectivity index (χ3n) is 2.99. The highest BCUT2D eigenvalue weighted by molar-refractivity contribution is 6.26. The van der Waals surface area contributed by atoms with Gasteiger partial charge in [-0.3, -0.25) is 0 Å². The number of halogens is 3. The van der Waals surface area contributed by atoms with Crippen molar-refractivity contribution in [3.05, 3.63) is 34.9 Å². The molecule has 0 spiro atoms. The van der Waals surface area contributed by atoms with Crippen LogP contribution in [0.1, 0.15) is 58.2 Å². The average Bonchev–Trinajstić information content (AvgIpc) is 2.12. The molecule has 102 valence electrons. The molecular weight excluding hydrogens is 287 g/mol. The lowest BCUT2D eigenvalue weighted by molar-refractivity contribution is 0.683. The normalized spacial score (nSPS) is 13.8.